The molecule has 3 nitrogen and oxygen atoms in total. The van der Waals surface area contributed by atoms with Crippen molar-refractivity contribution in [3.8, 4) is 22.6 Å². The summed E-state index contributed by atoms with van der Waals surface area (Å²) in [7, 11) is 0.286. The van der Waals surface area contributed by atoms with Gasteiger partial charge in [0.2, 0.25) is 0 Å². The number of hydrogen-bond acceptors (Lipinski definition) is 3. The van der Waals surface area contributed by atoms with Crippen molar-refractivity contribution < 1.29 is 9.47 Å². The van der Waals surface area contributed by atoms with Crippen LogP contribution in [0.25, 0.3) is 11.1 Å². The molecule has 7 rings (SSSR count). The Morgan fingerprint density at radius 2 is 1.06 bits per heavy atom. The van der Waals surface area contributed by atoms with E-state index in [1.807, 2.05) is 13.8 Å². The highest BCUT2D eigenvalue weighted by atomic mass is 31.1. The van der Waals surface area contributed by atoms with Crippen LogP contribution in [0.2, 0.25) is 0 Å². The molecule has 1 aliphatic rings. The highest BCUT2D eigenvalue weighted by molar-refractivity contribution is 7.80. The normalized spacial score (nSPS) is 12.2. The topological polar surface area (TPSA) is 21.7 Å². The molecule has 0 saturated carbocycles. The van der Waals surface area contributed by atoms with Gasteiger partial charge in [0.25, 0.3) is 0 Å². The zero-order chi connectivity index (χ0) is 37.0. The fourth-order valence-electron chi connectivity index (χ4n) is 7.00. The first-order chi connectivity index (χ1) is 26.2. The number of rotatable bonds is 13. The molecular formula is C48H53NO2P2. The van der Waals surface area contributed by atoms with Crippen molar-refractivity contribution in [3.63, 3.8) is 0 Å². The van der Waals surface area contributed by atoms with Gasteiger partial charge in [0, 0.05) is 18.2 Å². The van der Waals surface area contributed by atoms with Crippen molar-refractivity contribution in [2.24, 2.45) is 0 Å². The lowest BCUT2D eigenvalue weighted by molar-refractivity contribution is 0.302. The summed E-state index contributed by atoms with van der Waals surface area (Å²) in [4.78, 5) is 2.34. The Hall–Kier alpha value is -4.42. The molecule has 5 heteroatoms. The summed E-state index contributed by atoms with van der Waals surface area (Å²) < 4.78 is 13.9. The minimum atomic E-state index is -0.950. The van der Waals surface area contributed by atoms with Crippen molar-refractivity contribution in [3.05, 3.63) is 151 Å². The Kier molecular flexibility index (Phi) is 13.8. The summed E-state index contributed by atoms with van der Waals surface area (Å²) in [6, 6.07) is 53.5. The number of aryl methyl sites for hydroxylation is 1. The number of likely N-dealkylation sites (N-methyl/N-ethyl adjacent to an activating group) is 1. The molecule has 0 saturated heterocycles. The molecule has 0 atom stereocenters. The third-order valence-electron chi connectivity index (χ3n) is 9.57. The van der Waals surface area contributed by atoms with E-state index in [4.69, 9.17) is 9.47 Å². The SMILES string of the molecule is CC.CCCCCCOc1c(C)ccc(P(c2ccccc2)c2ccccc2)c1-c1c(P(c2ccccc2)c2ccccc2)ccc2c1OCCN2C. The molecule has 6 aromatic carbocycles. The van der Waals surface area contributed by atoms with Crippen LogP contribution in [0, 0.1) is 6.92 Å². The summed E-state index contributed by atoms with van der Waals surface area (Å²) in [6.45, 7) is 10.6. The highest BCUT2D eigenvalue weighted by Crippen LogP contribution is 2.51. The second kappa shape index (κ2) is 19.1. The van der Waals surface area contributed by atoms with Gasteiger partial charge < -0.3 is 14.4 Å². The van der Waals surface area contributed by atoms with Crippen molar-refractivity contribution in [2.75, 3.05) is 31.7 Å². The number of ether oxygens (including phenoxy) is 2. The van der Waals surface area contributed by atoms with E-state index in [1.165, 1.54) is 62.2 Å². The molecular weight excluding hydrogens is 684 g/mol. The van der Waals surface area contributed by atoms with Crippen LogP contribution in [0.4, 0.5) is 5.69 Å². The maximum Gasteiger partial charge on any atom is 0.151 e. The van der Waals surface area contributed by atoms with E-state index in [2.05, 4.69) is 171 Å². The summed E-state index contributed by atoms with van der Waals surface area (Å²) in [6.07, 6.45) is 4.62. The quantitative estimate of drug-likeness (QED) is 0.0871. The second-order valence-corrected chi connectivity index (χ2v) is 17.5. The molecule has 1 aliphatic heterocycles. The van der Waals surface area contributed by atoms with Gasteiger partial charge in [0.1, 0.15) is 12.4 Å². The predicted molar refractivity (Wildman–Crippen MR) is 234 cm³/mol. The lowest BCUT2D eigenvalue weighted by Crippen LogP contribution is -2.32. The molecule has 0 aliphatic carbocycles. The molecule has 0 bridgehead atoms. The first-order valence-corrected chi connectivity index (χ1v) is 21.9. The fourth-order valence-corrected chi connectivity index (χ4v) is 11.9. The van der Waals surface area contributed by atoms with E-state index in [-0.39, 0.29) is 0 Å². The molecule has 53 heavy (non-hydrogen) atoms. The van der Waals surface area contributed by atoms with Crippen LogP contribution in [0.1, 0.15) is 52.0 Å². The fraction of sp³-hybridized carbons (Fsp3) is 0.250. The smallest absolute Gasteiger partial charge is 0.151 e. The number of hydrogen-bond donors (Lipinski definition) is 0. The Bertz CT molecular complexity index is 1940. The molecule has 0 aromatic heterocycles. The molecule has 0 amide bonds. The van der Waals surface area contributed by atoms with Crippen LogP contribution in [-0.4, -0.2) is 26.8 Å². The maximum absolute atomic E-state index is 7.04. The maximum atomic E-state index is 7.04. The van der Waals surface area contributed by atoms with E-state index < -0.39 is 15.8 Å². The number of anilines is 1. The van der Waals surface area contributed by atoms with E-state index in [9.17, 15) is 0 Å². The van der Waals surface area contributed by atoms with Gasteiger partial charge in [-0.2, -0.15) is 0 Å². The summed E-state index contributed by atoms with van der Waals surface area (Å²) in [5.74, 6) is 1.94. The number of unbranched alkanes of at least 4 members (excludes halogenated alkanes) is 3. The largest absolute Gasteiger partial charge is 0.493 e. The molecule has 0 fully saturated rings. The highest BCUT2D eigenvalue weighted by Gasteiger charge is 2.33. The van der Waals surface area contributed by atoms with Gasteiger partial charge in [0.05, 0.1) is 18.8 Å². The first kappa shape index (κ1) is 38.3. The van der Waals surface area contributed by atoms with Crippen LogP contribution in [0.15, 0.2) is 146 Å². The van der Waals surface area contributed by atoms with E-state index in [0.29, 0.717) is 13.2 Å². The molecule has 0 unspecified atom stereocenters. The van der Waals surface area contributed by atoms with Crippen LogP contribution < -0.4 is 46.2 Å². The Balaban J connectivity index is 0.00000236. The lowest BCUT2D eigenvalue weighted by atomic mass is 9.98. The second-order valence-electron chi connectivity index (χ2n) is 13.1. The van der Waals surface area contributed by atoms with Crippen molar-refractivity contribution in [2.45, 2.75) is 53.4 Å². The molecule has 272 valence electrons. The number of fused-ring (bicyclic) bond motifs is 1. The summed E-state index contributed by atoms with van der Waals surface area (Å²) >= 11 is 0. The van der Waals surface area contributed by atoms with Crippen LogP contribution >= 0.6 is 15.8 Å². The first-order valence-electron chi connectivity index (χ1n) is 19.2. The van der Waals surface area contributed by atoms with Crippen molar-refractivity contribution in [1.29, 1.82) is 0 Å². The Morgan fingerprint density at radius 1 is 0.585 bits per heavy atom. The van der Waals surface area contributed by atoms with Gasteiger partial charge in [-0.25, -0.2) is 0 Å². The zero-order valence-corrected chi connectivity index (χ0v) is 33.8. The Morgan fingerprint density at radius 3 is 1.55 bits per heavy atom. The Labute approximate surface area is 320 Å². The minimum Gasteiger partial charge on any atom is -0.493 e. The van der Waals surface area contributed by atoms with E-state index >= 15 is 0 Å². The standard InChI is InChI=1S/C46H47NO2P2.C2H6/c1-4-5-6-19-33-48-45-35(2)28-30-41(50(36-20-11-7-12-21-36)37-22-13-8-14-23-37)43(45)44-42(31-29-40-46(44)49-34-32-47(40)3)51(38-24-15-9-16-25-38)39-26-17-10-18-27-39;1-2/h7-18,20-31H,4-6,19,32-34H2,1-3H3;1-2H3. The third kappa shape index (κ3) is 8.70. The molecule has 0 spiro atoms. The molecule has 0 radical (unpaired) electrons. The van der Waals surface area contributed by atoms with Gasteiger partial charge in [-0.15, -0.1) is 0 Å². The van der Waals surface area contributed by atoms with Crippen LogP contribution in [-0.2, 0) is 0 Å². The summed E-state index contributed by atoms with van der Waals surface area (Å²) in [5, 5.41) is 7.84. The predicted octanol–water partition coefficient (Wildman–Crippen LogP) is 9.99. The molecule has 0 N–H and O–H groups in total. The monoisotopic (exact) mass is 737 g/mol. The van der Waals surface area contributed by atoms with Crippen molar-refractivity contribution in [1.82, 2.24) is 0 Å². The minimum absolute atomic E-state index is 0.634. The van der Waals surface area contributed by atoms with E-state index in [1.54, 1.807) is 0 Å². The summed E-state index contributed by atoms with van der Waals surface area (Å²) in [5.41, 5.74) is 4.61. The van der Waals surface area contributed by atoms with Gasteiger partial charge in [-0.3, -0.25) is 0 Å². The number of nitrogens with zero attached hydrogens (tertiary/aromatic N) is 1. The van der Waals surface area contributed by atoms with Crippen LogP contribution in [0.5, 0.6) is 11.5 Å². The average molecular weight is 738 g/mol. The average Bonchev–Trinajstić information content (AvgIpc) is 3.21. The van der Waals surface area contributed by atoms with Crippen molar-refractivity contribution >= 4 is 53.4 Å². The van der Waals surface area contributed by atoms with Crippen LogP contribution in [0.3, 0.4) is 0 Å². The van der Waals surface area contributed by atoms with Gasteiger partial charge in [-0.1, -0.05) is 180 Å². The lowest BCUT2D eigenvalue weighted by Gasteiger charge is -2.34. The zero-order valence-electron chi connectivity index (χ0n) is 32.0. The third-order valence-corrected chi connectivity index (χ3v) is 14.5. The molecule has 6 aromatic rings. The molecule has 1 heterocycles. The van der Waals surface area contributed by atoms with Gasteiger partial charge in [-0.05, 0) is 72.6 Å². The number of benzene rings is 6. The van der Waals surface area contributed by atoms with Gasteiger partial charge >= 0.3 is 0 Å². The van der Waals surface area contributed by atoms with Gasteiger partial charge in [0.15, 0.2) is 5.75 Å². The van der Waals surface area contributed by atoms with E-state index in [0.717, 1.165) is 35.7 Å².